The van der Waals surface area contributed by atoms with Crippen LogP contribution in [0.5, 0.6) is 0 Å². The molecule has 0 aliphatic heterocycles. The Labute approximate surface area is 108 Å². The summed E-state index contributed by atoms with van der Waals surface area (Å²) in [6.45, 7) is 7.12. The summed E-state index contributed by atoms with van der Waals surface area (Å²) in [6, 6.07) is 6.28. The molecule has 0 radical (unpaired) electrons. The van der Waals surface area contributed by atoms with Crippen LogP contribution >= 0.6 is 0 Å². The van der Waals surface area contributed by atoms with Crippen molar-refractivity contribution in [1.29, 1.82) is 0 Å². The Morgan fingerprint density at radius 1 is 1.28 bits per heavy atom. The summed E-state index contributed by atoms with van der Waals surface area (Å²) in [4.78, 5) is 4.84. The van der Waals surface area contributed by atoms with Crippen LogP contribution in [0.1, 0.15) is 32.8 Å². The van der Waals surface area contributed by atoms with Crippen LogP contribution < -0.4 is 5.32 Å². The van der Waals surface area contributed by atoms with Gasteiger partial charge in [-0.1, -0.05) is 17.3 Å². The Kier molecular flexibility index (Phi) is 5.28. The average molecular weight is 252 g/mol. The Balaban J connectivity index is 2.66. The fourth-order valence-corrected chi connectivity index (χ4v) is 1.55. The van der Waals surface area contributed by atoms with E-state index in [1.807, 2.05) is 0 Å². The van der Waals surface area contributed by atoms with E-state index >= 15 is 0 Å². The van der Waals surface area contributed by atoms with Crippen LogP contribution in [0, 0.1) is 5.82 Å². The van der Waals surface area contributed by atoms with Crippen LogP contribution in [-0.4, -0.2) is 24.9 Å². The van der Waals surface area contributed by atoms with E-state index in [9.17, 15) is 4.39 Å². The summed E-state index contributed by atoms with van der Waals surface area (Å²) in [7, 11) is 1.51. The predicted octanol–water partition coefficient (Wildman–Crippen LogP) is 2.95. The Morgan fingerprint density at radius 2 is 1.89 bits per heavy atom. The third-order valence-electron chi connectivity index (χ3n) is 2.40. The van der Waals surface area contributed by atoms with Crippen molar-refractivity contribution >= 4 is 5.71 Å². The second kappa shape index (κ2) is 6.50. The number of nitrogens with zero attached hydrogens (tertiary/aromatic N) is 1. The molecule has 3 nitrogen and oxygen atoms in total. The molecule has 0 saturated heterocycles. The lowest BCUT2D eigenvalue weighted by atomic mass is 10.1. The van der Waals surface area contributed by atoms with Crippen molar-refractivity contribution in [2.45, 2.75) is 32.7 Å². The van der Waals surface area contributed by atoms with Gasteiger partial charge in [0, 0.05) is 18.5 Å². The average Bonchev–Trinajstić information content (AvgIpc) is 2.27. The van der Waals surface area contributed by atoms with Gasteiger partial charge in [-0.05, 0) is 38.5 Å². The largest absolute Gasteiger partial charge is 0.399 e. The molecule has 100 valence electrons. The number of benzene rings is 1. The van der Waals surface area contributed by atoms with Gasteiger partial charge in [-0.15, -0.1) is 0 Å². The molecule has 0 unspecified atom stereocenters. The van der Waals surface area contributed by atoms with E-state index in [1.165, 1.54) is 19.2 Å². The van der Waals surface area contributed by atoms with Gasteiger partial charge in [0.2, 0.25) is 0 Å². The minimum Gasteiger partial charge on any atom is -0.399 e. The van der Waals surface area contributed by atoms with Gasteiger partial charge in [-0.25, -0.2) is 4.39 Å². The minimum absolute atomic E-state index is 0.0704. The predicted molar refractivity (Wildman–Crippen MR) is 72.3 cm³/mol. The first-order chi connectivity index (χ1) is 8.42. The van der Waals surface area contributed by atoms with E-state index in [1.54, 1.807) is 12.1 Å². The number of nitrogens with one attached hydrogen (secondary N) is 1. The number of oxime groups is 1. The molecule has 0 heterocycles. The molecular weight excluding hydrogens is 231 g/mol. The molecule has 0 aliphatic carbocycles. The van der Waals surface area contributed by atoms with E-state index in [0.717, 1.165) is 24.2 Å². The van der Waals surface area contributed by atoms with Crippen molar-refractivity contribution in [1.82, 2.24) is 5.32 Å². The lowest BCUT2D eigenvalue weighted by Crippen LogP contribution is -2.37. The SMILES string of the molecule is CO/N=C(/CCNC(C)(C)C)c1ccc(F)cc1. The smallest absolute Gasteiger partial charge is 0.123 e. The second-order valence-corrected chi connectivity index (χ2v) is 5.15. The molecule has 0 aliphatic rings. The fourth-order valence-electron chi connectivity index (χ4n) is 1.55. The molecule has 0 aromatic heterocycles. The van der Waals surface area contributed by atoms with Gasteiger partial charge in [0.1, 0.15) is 12.9 Å². The standard InChI is InChI=1S/C14H21FN2O/c1-14(2,3)16-10-9-13(17-18-4)11-5-7-12(15)8-6-11/h5-8,16H,9-10H2,1-4H3/b17-13-. The van der Waals surface area contributed by atoms with Crippen LogP contribution in [0.25, 0.3) is 0 Å². The molecule has 0 amide bonds. The monoisotopic (exact) mass is 252 g/mol. The van der Waals surface area contributed by atoms with Crippen LogP contribution in [0.15, 0.2) is 29.4 Å². The molecule has 1 aromatic rings. The fraction of sp³-hybridized carbons (Fsp3) is 0.500. The zero-order chi connectivity index (χ0) is 13.6. The minimum atomic E-state index is -0.247. The summed E-state index contributed by atoms with van der Waals surface area (Å²) < 4.78 is 12.9. The highest BCUT2D eigenvalue weighted by atomic mass is 19.1. The van der Waals surface area contributed by atoms with Gasteiger partial charge in [0.25, 0.3) is 0 Å². The summed E-state index contributed by atoms with van der Waals surface area (Å²) in [5.74, 6) is -0.247. The lowest BCUT2D eigenvalue weighted by Gasteiger charge is -2.20. The Hall–Kier alpha value is -1.42. The zero-order valence-electron chi connectivity index (χ0n) is 11.5. The number of hydrogen-bond donors (Lipinski definition) is 1. The summed E-state index contributed by atoms with van der Waals surface area (Å²) in [5.41, 5.74) is 1.77. The van der Waals surface area contributed by atoms with E-state index in [-0.39, 0.29) is 11.4 Å². The zero-order valence-corrected chi connectivity index (χ0v) is 11.5. The Morgan fingerprint density at radius 3 is 2.39 bits per heavy atom. The van der Waals surface area contributed by atoms with Crippen LogP contribution in [-0.2, 0) is 4.84 Å². The lowest BCUT2D eigenvalue weighted by molar-refractivity contribution is 0.212. The van der Waals surface area contributed by atoms with Crippen molar-refractivity contribution in [3.63, 3.8) is 0 Å². The molecule has 1 aromatic carbocycles. The molecule has 1 rings (SSSR count). The molecule has 0 spiro atoms. The maximum Gasteiger partial charge on any atom is 0.123 e. The van der Waals surface area contributed by atoms with E-state index in [4.69, 9.17) is 4.84 Å². The molecule has 0 atom stereocenters. The van der Waals surface area contributed by atoms with Gasteiger partial charge in [0.05, 0.1) is 5.71 Å². The summed E-state index contributed by atoms with van der Waals surface area (Å²) in [6.07, 6.45) is 0.733. The van der Waals surface area contributed by atoms with E-state index < -0.39 is 0 Å². The van der Waals surface area contributed by atoms with Crippen molar-refractivity contribution < 1.29 is 9.23 Å². The first-order valence-corrected chi connectivity index (χ1v) is 6.03. The molecule has 18 heavy (non-hydrogen) atoms. The van der Waals surface area contributed by atoms with Gasteiger partial charge in [-0.3, -0.25) is 0 Å². The molecule has 0 bridgehead atoms. The normalized spacial score (nSPS) is 12.6. The number of hydrogen-bond acceptors (Lipinski definition) is 3. The molecule has 0 saturated carbocycles. The number of rotatable bonds is 5. The van der Waals surface area contributed by atoms with Crippen LogP contribution in [0.3, 0.4) is 0 Å². The summed E-state index contributed by atoms with van der Waals surface area (Å²) in [5, 5.41) is 7.38. The quantitative estimate of drug-likeness (QED) is 0.645. The van der Waals surface area contributed by atoms with Gasteiger partial charge < -0.3 is 10.2 Å². The maximum absolute atomic E-state index is 12.9. The van der Waals surface area contributed by atoms with Crippen molar-refractivity contribution in [2.75, 3.05) is 13.7 Å². The topological polar surface area (TPSA) is 33.6 Å². The van der Waals surface area contributed by atoms with Crippen molar-refractivity contribution in [3.05, 3.63) is 35.6 Å². The van der Waals surface area contributed by atoms with Crippen molar-refractivity contribution in [3.8, 4) is 0 Å². The van der Waals surface area contributed by atoms with Crippen LogP contribution in [0.2, 0.25) is 0 Å². The summed E-state index contributed by atoms with van der Waals surface area (Å²) >= 11 is 0. The molecule has 1 N–H and O–H groups in total. The third-order valence-corrected chi connectivity index (χ3v) is 2.40. The highest BCUT2D eigenvalue weighted by Crippen LogP contribution is 2.08. The van der Waals surface area contributed by atoms with E-state index in [0.29, 0.717) is 0 Å². The number of halogens is 1. The molecular formula is C14H21FN2O. The molecule has 0 fully saturated rings. The highest BCUT2D eigenvalue weighted by Gasteiger charge is 2.10. The first kappa shape index (κ1) is 14.6. The van der Waals surface area contributed by atoms with Gasteiger partial charge in [0.15, 0.2) is 0 Å². The van der Waals surface area contributed by atoms with Crippen LogP contribution in [0.4, 0.5) is 4.39 Å². The third kappa shape index (κ3) is 5.27. The second-order valence-electron chi connectivity index (χ2n) is 5.15. The first-order valence-electron chi connectivity index (χ1n) is 6.03. The van der Waals surface area contributed by atoms with Gasteiger partial charge in [-0.2, -0.15) is 0 Å². The van der Waals surface area contributed by atoms with E-state index in [2.05, 4.69) is 31.2 Å². The molecule has 4 heteroatoms. The maximum atomic E-state index is 12.9. The van der Waals surface area contributed by atoms with Crippen molar-refractivity contribution in [2.24, 2.45) is 5.16 Å². The van der Waals surface area contributed by atoms with Gasteiger partial charge >= 0.3 is 0 Å². The highest BCUT2D eigenvalue weighted by molar-refractivity contribution is 6.00. The Bertz CT molecular complexity index is 393.